The second-order valence-electron chi connectivity index (χ2n) is 4.92. The van der Waals surface area contributed by atoms with Crippen molar-refractivity contribution in [2.24, 2.45) is 11.8 Å². The Morgan fingerprint density at radius 3 is 2.12 bits per heavy atom. The van der Waals surface area contributed by atoms with Crippen molar-refractivity contribution in [1.29, 1.82) is 0 Å². The number of hydrogen-bond donors (Lipinski definition) is 1. The Morgan fingerprint density at radius 2 is 1.75 bits per heavy atom. The zero-order chi connectivity index (χ0) is 12.0. The van der Waals surface area contributed by atoms with Gasteiger partial charge in [-0.25, -0.2) is 0 Å². The summed E-state index contributed by atoms with van der Waals surface area (Å²) >= 11 is 0. The maximum atomic E-state index is 6.00. The summed E-state index contributed by atoms with van der Waals surface area (Å²) in [5, 5.41) is 3.67. The lowest BCUT2D eigenvalue weighted by Crippen LogP contribution is -2.47. The molecule has 0 bridgehead atoms. The van der Waals surface area contributed by atoms with Crippen LogP contribution in [0.25, 0.3) is 0 Å². The van der Waals surface area contributed by atoms with Gasteiger partial charge in [-0.2, -0.15) is 0 Å². The minimum atomic E-state index is 0.454. The van der Waals surface area contributed by atoms with Crippen LogP contribution in [0.1, 0.15) is 53.4 Å². The fourth-order valence-electron chi connectivity index (χ4n) is 2.73. The minimum Gasteiger partial charge on any atom is -0.377 e. The topological polar surface area (TPSA) is 21.3 Å². The number of hydrogen-bond acceptors (Lipinski definition) is 2. The highest BCUT2D eigenvalue weighted by Gasteiger charge is 2.39. The second kappa shape index (κ2) is 7.29. The summed E-state index contributed by atoms with van der Waals surface area (Å²) in [6.45, 7) is 10.8. The molecule has 16 heavy (non-hydrogen) atoms. The van der Waals surface area contributed by atoms with Crippen LogP contribution in [0.4, 0.5) is 0 Å². The van der Waals surface area contributed by atoms with Gasteiger partial charge in [0.05, 0.1) is 6.10 Å². The SMILES string of the molecule is CCNC(C(CC)CC)C(OCC)C1CC1. The van der Waals surface area contributed by atoms with Gasteiger partial charge in [0.1, 0.15) is 0 Å². The average Bonchev–Trinajstić information content (AvgIpc) is 3.10. The molecule has 0 aromatic rings. The van der Waals surface area contributed by atoms with Crippen LogP contribution in [0.3, 0.4) is 0 Å². The van der Waals surface area contributed by atoms with E-state index in [1.165, 1.54) is 25.7 Å². The molecule has 0 radical (unpaired) electrons. The fourth-order valence-corrected chi connectivity index (χ4v) is 2.73. The summed E-state index contributed by atoms with van der Waals surface area (Å²) in [4.78, 5) is 0. The first kappa shape index (κ1) is 14.0. The molecule has 2 nitrogen and oxygen atoms in total. The van der Waals surface area contributed by atoms with Crippen LogP contribution in [0.2, 0.25) is 0 Å². The Kier molecular flexibility index (Phi) is 6.37. The van der Waals surface area contributed by atoms with Crippen LogP contribution in [0.5, 0.6) is 0 Å². The third-order valence-corrected chi connectivity index (χ3v) is 3.80. The highest BCUT2D eigenvalue weighted by atomic mass is 16.5. The highest BCUT2D eigenvalue weighted by Crippen LogP contribution is 2.38. The largest absolute Gasteiger partial charge is 0.377 e. The van der Waals surface area contributed by atoms with Crippen LogP contribution in [0.15, 0.2) is 0 Å². The average molecular weight is 227 g/mol. The highest BCUT2D eigenvalue weighted by molar-refractivity contribution is 4.93. The normalized spacial score (nSPS) is 20.1. The summed E-state index contributed by atoms with van der Waals surface area (Å²) in [6.07, 6.45) is 5.70. The Labute approximate surface area is 101 Å². The lowest BCUT2D eigenvalue weighted by molar-refractivity contribution is 0.00203. The summed E-state index contributed by atoms with van der Waals surface area (Å²) in [6, 6.07) is 0.562. The zero-order valence-corrected chi connectivity index (χ0v) is 11.5. The first-order valence-corrected chi connectivity index (χ1v) is 7.13. The first-order chi connectivity index (χ1) is 7.78. The van der Waals surface area contributed by atoms with E-state index in [0.29, 0.717) is 12.1 Å². The predicted octanol–water partition coefficient (Wildman–Crippen LogP) is 3.22. The van der Waals surface area contributed by atoms with Gasteiger partial charge in [-0.1, -0.05) is 33.6 Å². The Bertz CT molecular complexity index is 176. The van der Waals surface area contributed by atoms with Crippen molar-refractivity contribution in [2.75, 3.05) is 13.2 Å². The molecule has 0 aromatic carbocycles. The molecule has 0 aliphatic heterocycles. The monoisotopic (exact) mass is 227 g/mol. The smallest absolute Gasteiger partial charge is 0.0758 e. The molecule has 0 amide bonds. The van der Waals surface area contributed by atoms with Crippen LogP contribution in [0, 0.1) is 11.8 Å². The van der Waals surface area contributed by atoms with Crippen LogP contribution in [-0.4, -0.2) is 25.3 Å². The van der Waals surface area contributed by atoms with E-state index in [2.05, 4.69) is 33.0 Å². The number of rotatable bonds is 9. The number of nitrogens with one attached hydrogen (secondary N) is 1. The first-order valence-electron chi connectivity index (χ1n) is 7.13. The van der Waals surface area contributed by atoms with Gasteiger partial charge < -0.3 is 10.1 Å². The van der Waals surface area contributed by atoms with Gasteiger partial charge in [0.2, 0.25) is 0 Å². The van der Waals surface area contributed by atoms with Gasteiger partial charge in [0.25, 0.3) is 0 Å². The van der Waals surface area contributed by atoms with E-state index in [-0.39, 0.29) is 0 Å². The second-order valence-corrected chi connectivity index (χ2v) is 4.92. The lowest BCUT2D eigenvalue weighted by Gasteiger charge is -2.33. The lowest BCUT2D eigenvalue weighted by atomic mass is 9.88. The van der Waals surface area contributed by atoms with Crippen LogP contribution >= 0.6 is 0 Å². The molecule has 0 aromatic heterocycles. The molecular formula is C14H29NO. The Morgan fingerprint density at radius 1 is 1.12 bits per heavy atom. The molecule has 0 spiro atoms. The molecule has 1 saturated carbocycles. The number of likely N-dealkylation sites (N-methyl/N-ethyl adjacent to an activating group) is 1. The molecule has 2 unspecified atom stereocenters. The van der Waals surface area contributed by atoms with Crippen molar-refractivity contribution in [3.8, 4) is 0 Å². The summed E-state index contributed by atoms with van der Waals surface area (Å²) in [7, 11) is 0. The van der Waals surface area contributed by atoms with Crippen LogP contribution < -0.4 is 5.32 Å². The van der Waals surface area contributed by atoms with Crippen molar-refractivity contribution < 1.29 is 4.74 Å². The molecule has 2 atom stereocenters. The Hall–Kier alpha value is -0.0800. The van der Waals surface area contributed by atoms with Crippen molar-refractivity contribution in [1.82, 2.24) is 5.32 Å². The molecule has 96 valence electrons. The van der Waals surface area contributed by atoms with Crippen molar-refractivity contribution in [3.63, 3.8) is 0 Å². The minimum absolute atomic E-state index is 0.454. The van der Waals surface area contributed by atoms with Gasteiger partial charge in [-0.15, -0.1) is 0 Å². The van der Waals surface area contributed by atoms with E-state index < -0.39 is 0 Å². The maximum absolute atomic E-state index is 6.00. The van der Waals surface area contributed by atoms with Gasteiger partial charge in [0, 0.05) is 12.6 Å². The third-order valence-electron chi connectivity index (χ3n) is 3.80. The van der Waals surface area contributed by atoms with Crippen molar-refractivity contribution in [3.05, 3.63) is 0 Å². The van der Waals surface area contributed by atoms with E-state index in [4.69, 9.17) is 4.74 Å². The van der Waals surface area contributed by atoms with Gasteiger partial charge in [-0.05, 0) is 38.1 Å². The summed E-state index contributed by atoms with van der Waals surface area (Å²) < 4.78 is 6.00. The van der Waals surface area contributed by atoms with E-state index in [0.717, 1.165) is 25.0 Å². The van der Waals surface area contributed by atoms with E-state index in [1.807, 2.05) is 0 Å². The third kappa shape index (κ3) is 3.74. The molecule has 1 N–H and O–H groups in total. The molecular weight excluding hydrogens is 198 g/mol. The molecule has 1 fully saturated rings. The fraction of sp³-hybridized carbons (Fsp3) is 1.00. The van der Waals surface area contributed by atoms with E-state index >= 15 is 0 Å². The van der Waals surface area contributed by atoms with Crippen LogP contribution in [-0.2, 0) is 4.74 Å². The summed E-state index contributed by atoms with van der Waals surface area (Å²) in [5.74, 6) is 1.58. The maximum Gasteiger partial charge on any atom is 0.0758 e. The Balaban J connectivity index is 2.62. The van der Waals surface area contributed by atoms with Gasteiger partial charge >= 0.3 is 0 Å². The molecule has 0 saturated heterocycles. The number of ether oxygens (including phenoxy) is 1. The molecule has 0 heterocycles. The molecule has 2 heteroatoms. The van der Waals surface area contributed by atoms with Gasteiger partial charge in [-0.3, -0.25) is 0 Å². The van der Waals surface area contributed by atoms with E-state index in [1.54, 1.807) is 0 Å². The molecule has 1 aliphatic rings. The molecule has 1 aliphatic carbocycles. The van der Waals surface area contributed by atoms with Crippen molar-refractivity contribution in [2.45, 2.75) is 65.5 Å². The standard InChI is InChI=1S/C14H29NO/c1-5-11(6-2)13(15-7-3)14(16-8-4)12-9-10-12/h11-15H,5-10H2,1-4H3. The quantitative estimate of drug-likeness (QED) is 0.653. The summed E-state index contributed by atoms with van der Waals surface area (Å²) in [5.41, 5.74) is 0. The van der Waals surface area contributed by atoms with Gasteiger partial charge in [0.15, 0.2) is 0 Å². The predicted molar refractivity (Wildman–Crippen MR) is 69.7 cm³/mol. The zero-order valence-electron chi connectivity index (χ0n) is 11.5. The van der Waals surface area contributed by atoms with Crippen molar-refractivity contribution >= 4 is 0 Å². The molecule has 1 rings (SSSR count). The van der Waals surface area contributed by atoms with E-state index in [9.17, 15) is 0 Å².